The van der Waals surface area contributed by atoms with Crippen LogP contribution in [0, 0.1) is 0 Å². The molecule has 31 heavy (non-hydrogen) atoms. The maximum absolute atomic E-state index is 13.1. The van der Waals surface area contributed by atoms with Gasteiger partial charge in [0.15, 0.2) is 6.61 Å². The number of carbonyl (C=O) groups excluding carboxylic acids is 2. The Labute approximate surface area is 198 Å². The van der Waals surface area contributed by atoms with Crippen LogP contribution in [-0.2, 0) is 22.6 Å². The first-order valence-corrected chi connectivity index (χ1v) is 11.7. The summed E-state index contributed by atoms with van der Waals surface area (Å²) in [6.07, 6.45) is 1.72. The summed E-state index contributed by atoms with van der Waals surface area (Å²) in [6.45, 7) is 7.76. The minimum atomic E-state index is -0.674. The van der Waals surface area contributed by atoms with Crippen LogP contribution in [-0.4, -0.2) is 35.4 Å². The van der Waals surface area contributed by atoms with Crippen molar-refractivity contribution in [3.05, 3.63) is 63.1 Å². The fourth-order valence-electron chi connectivity index (χ4n) is 2.96. The first-order valence-electron chi connectivity index (χ1n) is 10.5. The van der Waals surface area contributed by atoms with E-state index in [1.165, 1.54) is 10.5 Å². The molecule has 5 nitrogen and oxygen atoms in total. The third-order valence-electron chi connectivity index (χ3n) is 5.22. The first kappa shape index (κ1) is 25.2. The van der Waals surface area contributed by atoms with E-state index in [0.29, 0.717) is 10.8 Å². The van der Waals surface area contributed by atoms with E-state index in [0.717, 1.165) is 22.9 Å². The molecule has 2 aromatic carbocycles. The van der Waals surface area contributed by atoms with Crippen molar-refractivity contribution in [3.8, 4) is 5.75 Å². The lowest BCUT2D eigenvalue weighted by atomic mass is 10.1. The lowest BCUT2D eigenvalue weighted by Crippen LogP contribution is -2.50. The molecular weight excluding hydrogens is 480 g/mol. The molecule has 0 aliphatic carbocycles. The molecule has 0 fully saturated rings. The highest BCUT2D eigenvalue weighted by atomic mass is 79.9. The molecule has 0 aliphatic heterocycles. The molecule has 0 radical (unpaired) electrons. The molecule has 2 amide bonds. The molecule has 0 aliphatic rings. The first-order chi connectivity index (χ1) is 14.8. The summed E-state index contributed by atoms with van der Waals surface area (Å²) in [5.74, 6) is 0.0846. The van der Waals surface area contributed by atoms with E-state index in [9.17, 15) is 9.59 Å². The number of rotatable bonds is 10. The number of nitrogens with one attached hydrogen (secondary N) is 1. The zero-order chi connectivity index (χ0) is 23.0. The van der Waals surface area contributed by atoms with Gasteiger partial charge in [-0.05, 0) is 71.9 Å². The molecule has 0 aromatic heterocycles. The van der Waals surface area contributed by atoms with Crippen LogP contribution in [0.4, 0.5) is 0 Å². The Bertz CT molecular complexity index is 906. The molecule has 0 saturated carbocycles. The largest absolute Gasteiger partial charge is 0.483 e. The number of benzene rings is 2. The fraction of sp³-hybridized carbons (Fsp3) is 0.417. The zero-order valence-electron chi connectivity index (χ0n) is 18.5. The molecule has 2 rings (SSSR count). The van der Waals surface area contributed by atoms with Gasteiger partial charge in [0.1, 0.15) is 11.8 Å². The molecule has 0 heterocycles. The molecule has 0 bridgehead atoms. The Morgan fingerprint density at radius 1 is 1.16 bits per heavy atom. The van der Waals surface area contributed by atoms with Gasteiger partial charge in [0, 0.05) is 17.6 Å². The van der Waals surface area contributed by atoms with Crippen LogP contribution in [0.25, 0.3) is 0 Å². The Kier molecular flexibility index (Phi) is 9.85. The van der Waals surface area contributed by atoms with Crippen molar-refractivity contribution < 1.29 is 14.3 Å². The van der Waals surface area contributed by atoms with E-state index in [1.807, 2.05) is 50.2 Å². The Morgan fingerprint density at radius 3 is 2.48 bits per heavy atom. The lowest BCUT2D eigenvalue weighted by Gasteiger charge is -2.30. The second kappa shape index (κ2) is 12.1. The van der Waals surface area contributed by atoms with Gasteiger partial charge in [-0.3, -0.25) is 9.59 Å². The Hall–Kier alpha value is -2.05. The average Bonchev–Trinajstić information content (AvgIpc) is 2.76. The molecule has 1 N–H and O–H groups in total. The standard InChI is InChI=1S/C24H30BrClN2O3/c1-5-16(3)27-24(30)17(4)28(14-19-9-7-8-10-21(19)26)23(29)15-31-22-12-11-18(6-2)13-20(22)25/h7-13,16-17H,5-6,14-15H2,1-4H3,(H,27,30)/t16-,17-/m0/s1. The molecule has 0 spiro atoms. The van der Waals surface area contributed by atoms with Crippen molar-refractivity contribution in [1.29, 1.82) is 0 Å². The van der Waals surface area contributed by atoms with Gasteiger partial charge in [-0.25, -0.2) is 0 Å². The lowest BCUT2D eigenvalue weighted by molar-refractivity contribution is -0.142. The topological polar surface area (TPSA) is 58.6 Å². The van der Waals surface area contributed by atoms with E-state index in [-0.39, 0.29) is 31.0 Å². The molecule has 0 saturated heterocycles. The highest BCUT2D eigenvalue weighted by Gasteiger charge is 2.27. The van der Waals surface area contributed by atoms with Crippen LogP contribution in [0.3, 0.4) is 0 Å². The number of hydrogen-bond donors (Lipinski definition) is 1. The van der Waals surface area contributed by atoms with Crippen molar-refractivity contribution in [2.45, 2.75) is 59.2 Å². The summed E-state index contributed by atoms with van der Waals surface area (Å²) >= 11 is 9.80. The Balaban J connectivity index is 2.19. The SMILES string of the molecule is CCc1ccc(OCC(=O)N(Cc2ccccc2Cl)[C@@H](C)C(=O)N[C@@H](C)CC)c(Br)c1. The third kappa shape index (κ3) is 7.25. The number of halogens is 2. The number of aryl methyl sites for hydroxylation is 1. The summed E-state index contributed by atoms with van der Waals surface area (Å²) in [5, 5.41) is 3.50. The van der Waals surface area contributed by atoms with Gasteiger partial charge in [-0.1, -0.05) is 49.7 Å². The van der Waals surface area contributed by atoms with E-state index in [4.69, 9.17) is 16.3 Å². The van der Waals surface area contributed by atoms with Crippen LogP contribution in [0.5, 0.6) is 5.75 Å². The number of hydrogen-bond acceptors (Lipinski definition) is 3. The quantitative estimate of drug-likeness (QED) is 0.468. The monoisotopic (exact) mass is 508 g/mol. The van der Waals surface area contributed by atoms with Gasteiger partial charge in [-0.15, -0.1) is 0 Å². The van der Waals surface area contributed by atoms with Crippen molar-refractivity contribution in [2.75, 3.05) is 6.61 Å². The van der Waals surface area contributed by atoms with E-state index < -0.39 is 6.04 Å². The summed E-state index contributed by atoms with van der Waals surface area (Å²) in [6, 6.07) is 12.4. The van der Waals surface area contributed by atoms with E-state index >= 15 is 0 Å². The predicted molar refractivity (Wildman–Crippen MR) is 128 cm³/mol. The minimum absolute atomic E-state index is 0.0245. The fourth-order valence-corrected chi connectivity index (χ4v) is 3.70. The average molecular weight is 510 g/mol. The molecule has 2 atom stereocenters. The number of carbonyl (C=O) groups is 2. The second-order valence-corrected chi connectivity index (χ2v) is 8.78. The van der Waals surface area contributed by atoms with Crippen molar-refractivity contribution in [2.24, 2.45) is 0 Å². The van der Waals surface area contributed by atoms with Crippen LogP contribution in [0.15, 0.2) is 46.9 Å². The normalized spacial score (nSPS) is 12.7. The second-order valence-electron chi connectivity index (χ2n) is 7.51. The van der Waals surface area contributed by atoms with Crippen molar-refractivity contribution in [1.82, 2.24) is 10.2 Å². The molecule has 7 heteroatoms. The highest BCUT2D eigenvalue weighted by molar-refractivity contribution is 9.10. The van der Waals surface area contributed by atoms with Crippen molar-refractivity contribution in [3.63, 3.8) is 0 Å². The van der Waals surface area contributed by atoms with Crippen LogP contribution in [0.1, 0.15) is 45.2 Å². The summed E-state index contributed by atoms with van der Waals surface area (Å²) < 4.78 is 6.57. The number of ether oxygens (including phenoxy) is 1. The van der Waals surface area contributed by atoms with Crippen LogP contribution in [0.2, 0.25) is 5.02 Å². The van der Waals surface area contributed by atoms with Gasteiger partial charge < -0.3 is 15.0 Å². The highest BCUT2D eigenvalue weighted by Crippen LogP contribution is 2.26. The predicted octanol–water partition coefficient (Wildman–Crippen LogP) is 5.38. The smallest absolute Gasteiger partial charge is 0.261 e. The molecule has 2 aromatic rings. The molecule has 168 valence electrons. The van der Waals surface area contributed by atoms with Gasteiger partial charge in [0.25, 0.3) is 5.91 Å². The van der Waals surface area contributed by atoms with E-state index in [2.05, 4.69) is 28.2 Å². The summed E-state index contributed by atoms with van der Waals surface area (Å²) in [5.41, 5.74) is 1.94. The van der Waals surface area contributed by atoms with Gasteiger partial charge >= 0.3 is 0 Å². The van der Waals surface area contributed by atoms with Crippen LogP contribution < -0.4 is 10.1 Å². The zero-order valence-corrected chi connectivity index (χ0v) is 20.8. The molecule has 0 unspecified atom stereocenters. The van der Waals surface area contributed by atoms with Crippen molar-refractivity contribution >= 4 is 39.3 Å². The Morgan fingerprint density at radius 2 is 1.87 bits per heavy atom. The maximum atomic E-state index is 13.1. The maximum Gasteiger partial charge on any atom is 0.261 e. The summed E-state index contributed by atoms with van der Waals surface area (Å²) in [7, 11) is 0. The van der Waals surface area contributed by atoms with Crippen LogP contribution >= 0.6 is 27.5 Å². The van der Waals surface area contributed by atoms with Gasteiger partial charge in [0.05, 0.1) is 4.47 Å². The van der Waals surface area contributed by atoms with Gasteiger partial charge in [0.2, 0.25) is 5.91 Å². The third-order valence-corrected chi connectivity index (χ3v) is 6.21. The minimum Gasteiger partial charge on any atom is -0.483 e. The van der Waals surface area contributed by atoms with E-state index in [1.54, 1.807) is 13.0 Å². The number of amides is 2. The number of nitrogens with zero attached hydrogens (tertiary/aromatic N) is 1. The van der Waals surface area contributed by atoms with Gasteiger partial charge in [-0.2, -0.15) is 0 Å². The molecular formula is C24H30BrClN2O3. The summed E-state index contributed by atoms with van der Waals surface area (Å²) in [4.78, 5) is 27.4.